The summed E-state index contributed by atoms with van der Waals surface area (Å²) in [6.45, 7) is 0. The highest BCUT2D eigenvalue weighted by Gasteiger charge is 2.37. The molecule has 1 unspecified atom stereocenters. The van der Waals surface area contributed by atoms with Gasteiger partial charge in [-0.15, -0.1) is 0 Å². The molecule has 0 fully saturated rings. The highest BCUT2D eigenvalue weighted by Crippen LogP contribution is 2.39. The summed E-state index contributed by atoms with van der Waals surface area (Å²) in [4.78, 5) is 0. The minimum Gasteiger partial charge on any atom is -0.391 e. The first-order valence-electron chi connectivity index (χ1n) is 5.35. The number of alkyl halides is 3. The van der Waals surface area contributed by atoms with Crippen molar-refractivity contribution in [3.05, 3.63) is 57.7 Å². The Balaban J connectivity index is 2.40. The Labute approximate surface area is 112 Å². The zero-order chi connectivity index (χ0) is 13.3. The van der Waals surface area contributed by atoms with E-state index in [1.165, 1.54) is 6.08 Å². The normalized spacial score (nSPS) is 19.5. The van der Waals surface area contributed by atoms with Crippen LogP contribution in [-0.4, -0.2) is 13.2 Å². The van der Waals surface area contributed by atoms with Gasteiger partial charge in [0.05, 0.1) is 5.57 Å². The fourth-order valence-corrected chi connectivity index (χ4v) is 2.37. The predicted molar refractivity (Wildman–Crippen MR) is 68.2 cm³/mol. The smallest absolute Gasteiger partial charge is 0.391 e. The quantitative estimate of drug-likeness (QED) is 0.864. The van der Waals surface area contributed by atoms with Crippen molar-refractivity contribution in [3.63, 3.8) is 0 Å². The van der Waals surface area contributed by atoms with Gasteiger partial charge in [0.2, 0.25) is 0 Å². The summed E-state index contributed by atoms with van der Waals surface area (Å²) in [5, 5.41) is 2.83. The second-order valence-corrected chi connectivity index (χ2v) is 4.92. The van der Waals surface area contributed by atoms with Gasteiger partial charge >= 0.3 is 6.18 Å². The molecule has 5 heteroatoms. The van der Waals surface area contributed by atoms with Crippen molar-refractivity contribution in [2.24, 2.45) is 0 Å². The Hall–Kier alpha value is -1.23. The van der Waals surface area contributed by atoms with E-state index in [1.807, 2.05) is 24.3 Å². The fourth-order valence-electron chi connectivity index (χ4n) is 1.95. The molecule has 0 aliphatic heterocycles. The lowest BCUT2D eigenvalue weighted by molar-refractivity contribution is -0.0881. The lowest BCUT2D eigenvalue weighted by Gasteiger charge is -2.13. The van der Waals surface area contributed by atoms with Crippen molar-refractivity contribution in [3.8, 4) is 0 Å². The van der Waals surface area contributed by atoms with Crippen LogP contribution in [0.3, 0.4) is 0 Å². The van der Waals surface area contributed by atoms with Gasteiger partial charge in [-0.1, -0.05) is 34.1 Å². The van der Waals surface area contributed by atoms with Crippen molar-refractivity contribution in [1.29, 1.82) is 0 Å². The number of likely N-dealkylation sites (N-methyl/N-ethyl adjacent to an activating group) is 1. The van der Waals surface area contributed by atoms with Crippen LogP contribution in [-0.2, 0) is 0 Å². The van der Waals surface area contributed by atoms with Crippen LogP contribution in [0.15, 0.2) is 52.2 Å². The van der Waals surface area contributed by atoms with E-state index in [-0.39, 0.29) is 5.92 Å². The summed E-state index contributed by atoms with van der Waals surface area (Å²) in [6.07, 6.45) is -1.90. The van der Waals surface area contributed by atoms with Gasteiger partial charge in [0, 0.05) is 23.1 Å². The molecule has 1 aromatic rings. The molecule has 0 radical (unpaired) electrons. The fraction of sp³-hybridized carbons (Fsp3) is 0.231. The number of benzene rings is 1. The van der Waals surface area contributed by atoms with Crippen LogP contribution in [0.5, 0.6) is 0 Å². The molecule has 1 atom stereocenters. The number of halogens is 4. The molecule has 96 valence electrons. The van der Waals surface area contributed by atoms with Crippen molar-refractivity contribution < 1.29 is 13.2 Å². The van der Waals surface area contributed by atoms with Gasteiger partial charge in [-0.25, -0.2) is 0 Å². The van der Waals surface area contributed by atoms with Crippen LogP contribution in [0.2, 0.25) is 0 Å². The maximum absolute atomic E-state index is 12.7. The van der Waals surface area contributed by atoms with Crippen LogP contribution in [0.4, 0.5) is 13.2 Å². The zero-order valence-electron chi connectivity index (χ0n) is 9.55. The largest absolute Gasteiger partial charge is 0.416 e. The molecule has 2 rings (SSSR count). The van der Waals surface area contributed by atoms with E-state index in [4.69, 9.17) is 0 Å². The molecule has 1 aromatic carbocycles. The number of hydrogen-bond acceptors (Lipinski definition) is 1. The third-order valence-electron chi connectivity index (χ3n) is 2.82. The highest BCUT2D eigenvalue weighted by molar-refractivity contribution is 9.10. The van der Waals surface area contributed by atoms with Gasteiger partial charge in [0.15, 0.2) is 0 Å². The minimum atomic E-state index is -4.30. The first kappa shape index (κ1) is 13.2. The van der Waals surface area contributed by atoms with Crippen LogP contribution in [0.1, 0.15) is 11.5 Å². The van der Waals surface area contributed by atoms with Gasteiger partial charge in [-0.3, -0.25) is 0 Å². The molecule has 18 heavy (non-hydrogen) atoms. The average molecular weight is 318 g/mol. The van der Waals surface area contributed by atoms with Gasteiger partial charge in [0.1, 0.15) is 0 Å². The first-order valence-corrected chi connectivity index (χ1v) is 6.15. The van der Waals surface area contributed by atoms with Crippen LogP contribution in [0.25, 0.3) is 0 Å². The Bertz CT molecular complexity index is 517. The lowest BCUT2D eigenvalue weighted by atomic mass is 9.98. The molecular weight excluding hydrogens is 307 g/mol. The molecule has 1 N–H and O–H groups in total. The molecule has 0 amide bonds. The van der Waals surface area contributed by atoms with Crippen LogP contribution >= 0.6 is 15.9 Å². The summed E-state index contributed by atoms with van der Waals surface area (Å²) in [5.41, 5.74) is 0.779. The topological polar surface area (TPSA) is 12.0 Å². The van der Waals surface area contributed by atoms with Gasteiger partial charge in [-0.2, -0.15) is 13.2 Å². The molecule has 0 heterocycles. The Morgan fingerprint density at radius 2 is 2.00 bits per heavy atom. The van der Waals surface area contributed by atoms with Crippen molar-refractivity contribution in [2.45, 2.75) is 12.1 Å². The van der Waals surface area contributed by atoms with E-state index < -0.39 is 11.7 Å². The van der Waals surface area contributed by atoms with Crippen molar-refractivity contribution >= 4 is 15.9 Å². The van der Waals surface area contributed by atoms with E-state index in [0.717, 1.165) is 16.1 Å². The van der Waals surface area contributed by atoms with Gasteiger partial charge in [-0.05, 0) is 23.8 Å². The first-order chi connectivity index (χ1) is 8.41. The standard InChI is InChI=1S/C13H11BrF3N/c1-18-12-7-9(13(15,16)17)6-11(12)8-3-2-4-10(14)5-8/h2-7,11,18H,1H3. The molecule has 0 aromatic heterocycles. The van der Waals surface area contributed by atoms with E-state index >= 15 is 0 Å². The zero-order valence-corrected chi connectivity index (χ0v) is 11.1. The summed E-state index contributed by atoms with van der Waals surface area (Å²) in [7, 11) is 1.63. The highest BCUT2D eigenvalue weighted by atomic mass is 79.9. The van der Waals surface area contributed by atoms with Gasteiger partial charge < -0.3 is 5.32 Å². The Morgan fingerprint density at radius 1 is 1.28 bits per heavy atom. The number of hydrogen-bond donors (Lipinski definition) is 1. The monoisotopic (exact) mass is 317 g/mol. The van der Waals surface area contributed by atoms with Crippen molar-refractivity contribution in [1.82, 2.24) is 5.32 Å². The molecule has 0 saturated carbocycles. The van der Waals surface area contributed by atoms with Crippen molar-refractivity contribution in [2.75, 3.05) is 7.05 Å². The van der Waals surface area contributed by atoms with E-state index in [2.05, 4.69) is 21.2 Å². The maximum atomic E-state index is 12.7. The maximum Gasteiger partial charge on any atom is 0.416 e. The molecule has 1 aliphatic carbocycles. The predicted octanol–water partition coefficient (Wildman–Crippen LogP) is 4.14. The number of nitrogens with one attached hydrogen (secondary N) is 1. The minimum absolute atomic E-state index is 0.371. The third kappa shape index (κ3) is 2.61. The average Bonchev–Trinajstić information content (AvgIpc) is 2.72. The molecule has 1 nitrogen and oxygen atoms in total. The second-order valence-electron chi connectivity index (χ2n) is 4.00. The second kappa shape index (κ2) is 4.80. The molecule has 0 bridgehead atoms. The molecule has 0 spiro atoms. The van der Waals surface area contributed by atoms with E-state index in [1.54, 1.807) is 7.05 Å². The number of rotatable bonds is 2. The van der Waals surface area contributed by atoms with E-state index in [0.29, 0.717) is 5.70 Å². The summed E-state index contributed by atoms with van der Waals surface area (Å²) in [6, 6.07) is 7.30. The SMILES string of the molecule is CNC1=CC(C(F)(F)F)=CC1c1cccc(Br)c1. The molecular formula is C13H11BrF3N. The number of allylic oxidation sites excluding steroid dienone is 3. The Kier molecular flexibility index (Phi) is 3.52. The summed E-state index contributed by atoms with van der Waals surface area (Å²) >= 11 is 3.32. The van der Waals surface area contributed by atoms with E-state index in [9.17, 15) is 13.2 Å². The van der Waals surface area contributed by atoms with Crippen LogP contribution < -0.4 is 5.32 Å². The lowest BCUT2D eigenvalue weighted by Crippen LogP contribution is -2.11. The summed E-state index contributed by atoms with van der Waals surface area (Å²) < 4.78 is 38.9. The Morgan fingerprint density at radius 3 is 2.56 bits per heavy atom. The van der Waals surface area contributed by atoms with Crippen LogP contribution in [0, 0.1) is 0 Å². The third-order valence-corrected chi connectivity index (χ3v) is 3.31. The molecule has 0 saturated heterocycles. The molecule has 1 aliphatic rings. The summed E-state index contributed by atoms with van der Waals surface area (Å²) in [5.74, 6) is -0.371. The van der Waals surface area contributed by atoms with Gasteiger partial charge in [0.25, 0.3) is 0 Å².